The van der Waals surface area contributed by atoms with E-state index < -0.39 is 0 Å². The first kappa shape index (κ1) is 13.3. The van der Waals surface area contributed by atoms with E-state index in [2.05, 4.69) is 11.9 Å². The number of nitrogens with two attached hydrogens (primary N) is 1. The zero-order chi connectivity index (χ0) is 13.0. The summed E-state index contributed by atoms with van der Waals surface area (Å²) in [6, 6.07) is 3.88. The summed E-state index contributed by atoms with van der Waals surface area (Å²) in [6.07, 6.45) is 7.03. The van der Waals surface area contributed by atoms with Crippen LogP contribution in [-0.4, -0.2) is 11.6 Å². The zero-order valence-electron chi connectivity index (χ0n) is 11.4. The maximum atomic E-state index is 5.93. The first-order chi connectivity index (χ1) is 8.66. The molecule has 3 heteroatoms. The van der Waals surface area contributed by atoms with Gasteiger partial charge in [-0.05, 0) is 37.7 Å². The van der Waals surface area contributed by atoms with Crippen molar-refractivity contribution in [2.75, 3.05) is 6.61 Å². The third-order valence-corrected chi connectivity index (χ3v) is 3.79. The second kappa shape index (κ2) is 6.19. The van der Waals surface area contributed by atoms with Crippen molar-refractivity contribution >= 4 is 0 Å². The smallest absolute Gasteiger partial charge is 0.218 e. The van der Waals surface area contributed by atoms with Crippen molar-refractivity contribution in [2.45, 2.75) is 45.6 Å². The van der Waals surface area contributed by atoms with Crippen LogP contribution in [0.4, 0.5) is 0 Å². The Morgan fingerprint density at radius 2 is 2.33 bits per heavy atom. The lowest BCUT2D eigenvalue weighted by Crippen LogP contribution is -2.20. The van der Waals surface area contributed by atoms with E-state index in [1.807, 2.05) is 19.1 Å². The van der Waals surface area contributed by atoms with Crippen molar-refractivity contribution in [3.8, 4) is 5.88 Å². The van der Waals surface area contributed by atoms with Gasteiger partial charge in [0.15, 0.2) is 0 Å². The molecule has 0 bridgehead atoms. The van der Waals surface area contributed by atoms with Crippen LogP contribution in [0.3, 0.4) is 0 Å². The van der Waals surface area contributed by atoms with Gasteiger partial charge in [-0.3, -0.25) is 0 Å². The Morgan fingerprint density at radius 1 is 1.50 bits per heavy atom. The van der Waals surface area contributed by atoms with Crippen LogP contribution in [0.15, 0.2) is 18.3 Å². The van der Waals surface area contributed by atoms with Crippen LogP contribution in [0.1, 0.15) is 51.1 Å². The summed E-state index contributed by atoms with van der Waals surface area (Å²) in [6.45, 7) is 5.08. The molecule has 2 unspecified atom stereocenters. The molecule has 0 saturated heterocycles. The van der Waals surface area contributed by atoms with Crippen molar-refractivity contribution in [1.29, 1.82) is 0 Å². The van der Waals surface area contributed by atoms with Gasteiger partial charge in [-0.1, -0.05) is 25.8 Å². The standard InChI is InChI=1S/C15H24N2O/c1-11-5-3-6-13(9-11)10-18-15-14(12(2)16)7-4-8-17-15/h4,7-8,11-13H,3,5-6,9-10,16H2,1-2H3/t11?,12-,13?/m1/s1. The summed E-state index contributed by atoms with van der Waals surface area (Å²) in [5.41, 5.74) is 6.93. The maximum Gasteiger partial charge on any atom is 0.218 e. The summed E-state index contributed by atoms with van der Waals surface area (Å²) in [5.74, 6) is 2.23. The Hall–Kier alpha value is -1.09. The third-order valence-electron chi connectivity index (χ3n) is 3.79. The number of hydrogen-bond acceptors (Lipinski definition) is 3. The largest absolute Gasteiger partial charge is 0.477 e. The molecular weight excluding hydrogens is 224 g/mol. The molecule has 100 valence electrons. The number of pyridine rings is 1. The Balaban J connectivity index is 1.93. The quantitative estimate of drug-likeness (QED) is 0.889. The molecule has 1 heterocycles. The first-order valence-electron chi connectivity index (χ1n) is 7.00. The first-order valence-corrected chi connectivity index (χ1v) is 7.00. The molecule has 2 N–H and O–H groups in total. The topological polar surface area (TPSA) is 48.1 Å². The summed E-state index contributed by atoms with van der Waals surface area (Å²) < 4.78 is 5.90. The molecule has 3 nitrogen and oxygen atoms in total. The van der Waals surface area contributed by atoms with Crippen molar-refractivity contribution in [2.24, 2.45) is 17.6 Å². The predicted molar refractivity (Wildman–Crippen MR) is 73.5 cm³/mol. The number of rotatable bonds is 4. The lowest BCUT2D eigenvalue weighted by Gasteiger charge is -2.26. The predicted octanol–water partition coefficient (Wildman–Crippen LogP) is 3.31. The average Bonchev–Trinajstić information content (AvgIpc) is 2.37. The molecule has 3 atom stereocenters. The highest BCUT2D eigenvalue weighted by Gasteiger charge is 2.20. The minimum Gasteiger partial charge on any atom is -0.477 e. The molecule has 0 radical (unpaired) electrons. The van der Waals surface area contributed by atoms with E-state index in [9.17, 15) is 0 Å². The van der Waals surface area contributed by atoms with Gasteiger partial charge < -0.3 is 10.5 Å². The lowest BCUT2D eigenvalue weighted by atomic mass is 9.83. The van der Waals surface area contributed by atoms with Crippen molar-refractivity contribution in [3.05, 3.63) is 23.9 Å². The van der Waals surface area contributed by atoms with Gasteiger partial charge in [-0.2, -0.15) is 0 Å². The molecule has 1 aliphatic carbocycles. The second-order valence-electron chi connectivity index (χ2n) is 5.64. The van der Waals surface area contributed by atoms with Crippen LogP contribution in [0.25, 0.3) is 0 Å². The van der Waals surface area contributed by atoms with Crippen molar-refractivity contribution in [3.63, 3.8) is 0 Å². The van der Waals surface area contributed by atoms with Crippen LogP contribution in [0.5, 0.6) is 5.88 Å². The molecular formula is C15H24N2O. The molecule has 0 aromatic carbocycles. The Morgan fingerprint density at radius 3 is 3.06 bits per heavy atom. The van der Waals surface area contributed by atoms with Crippen LogP contribution < -0.4 is 10.5 Å². The summed E-state index contributed by atoms with van der Waals surface area (Å²) >= 11 is 0. The number of aromatic nitrogens is 1. The van der Waals surface area contributed by atoms with Crippen LogP contribution in [0, 0.1) is 11.8 Å². The molecule has 1 aliphatic rings. The van der Waals surface area contributed by atoms with Gasteiger partial charge in [-0.15, -0.1) is 0 Å². The summed E-state index contributed by atoms with van der Waals surface area (Å²) in [4.78, 5) is 4.30. The Labute approximate surface area is 110 Å². The normalized spacial score (nSPS) is 25.7. The summed E-state index contributed by atoms with van der Waals surface area (Å²) in [5, 5.41) is 0. The van der Waals surface area contributed by atoms with Gasteiger partial charge in [-0.25, -0.2) is 4.98 Å². The van der Waals surface area contributed by atoms with E-state index in [1.54, 1.807) is 6.20 Å². The van der Waals surface area contributed by atoms with E-state index >= 15 is 0 Å². The number of nitrogens with zero attached hydrogens (tertiary/aromatic N) is 1. The fourth-order valence-electron chi connectivity index (χ4n) is 2.78. The van der Waals surface area contributed by atoms with Crippen LogP contribution in [-0.2, 0) is 0 Å². The molecule has 0 aliphatic heterocycles. The molecule has 1 fully saturated rings. The van der Waals surface area contributed by atoms with Crippen LogP contribution >= 0.6 is 0 Å². The van der Waals surface area contributed by atoms with Gasteiger partial charge >= 0.3 is 0 Å². The highest BCUT2D eigenvalue weighted by atomic mass is 16.5. The fraction of sp³-hybridized carbons (Fsp3) is 0.667. The molecule has 1 aromatic heterocycles. The zero-order valence-corrected chi connectivity index (χ0v) is 11.4. The third kappa shape index (κ3) is 3.45. The maximum absolute atomic E-state index is 5.93. The van der Waals surface area contributed by atoms with Gasteiger partial charge in [0.2, 0.25) is 5.88 Å². The number of hydrogen-bond donors (Lipinski definition) is 1. The fourth-order valence-corrected chi connectivity index (χ4v) is 2.78. The van der Waals surface area contributed by atoms with Crippen molar-refractivity contribution < 1.29 is 4.74 Å². The lowest BCUT2D eigenvalue weighted by molar-refractivity contribution is 0.176. The highest BCUT2D eigenvalue weighted by molar-refractivity contribution is 5.28. The minimum absolute atomic E-state index is 0.0287. The monoisotopic (exact) mass is 248 g/mol. The Kier molecular flexibility index (Phi) is 4.59. The molecule has 2 rings (SSSR count). The molecule has 1 saturated carbocycles. The summed E-state index contributed by atoms with van der Waals surface area (Å²) in [7, 11) is 0. The van der Waals surface area contributed by atoms with Crippen LogP contribution in [0.2, 0.25) is 0 Å². The SMILES string of the molecule is CC1CCCC(COc2ncccc2[C@@H](C)N)C1. The highest BCUT2D eigenvalue weighted by Crippen LogP contribution is 2.29. The van der Waals surface area contributed by atoms with Crippen molar-refractivity contribution in [1.82, 2.24) is 4.98 Å². The van der Waals surface area contributed by atoms with Gasteiger partial charge in [0.05, 0.1) is 6.61 Å². The van der Waals surface area contributed by atoms with E-state index in [0.29, 0.717) is 11.8 Å². The molecule has 1 aromatic rings. The molecule has 18 heavy (non-hydrogen) atoms. The average molecular weight is 248 g/mol. The van der Waals surface area contributed by atoms with E-state index in [-0.39, 0.29) is 6.04 Å². The molecule has 0 amide bonds. The Bertz CT molecular complexity index is 379. The van der Waals surface area contributed by atoms with Gasteiger partial charge in [0.25, 0.3) is 0 Å². The number of ether oxygens (including phenoxy) is 1. The minimum atomic E-state index is -0.0287. The van der Waals surface area contributed by atoms with E-state index in [0.717, 1.165) is 18.1 Å². The van der Waals surface area contributed by atoms with Gasteiger partial charge in [0.1, 0.15) is 0 Å². The van der Waals surface area contributed by atoms with E-state index in [4.69, 9.17) is 10.5 Å². The second-order valence-corrected chi connectivity index (χ2v) is 5.64. The molecule has 0 spiro atoms. The van der Waals surface area contributed by atoms with Gasteiger partial charge in [0, 0.05) is 17.8 Å². The van der Waals surface area contributed by atoms with E-state index in [1.165, 1.54) is 25.7 Å².